The summed E-state index contributed by atoms with van der Waals surface area (Å²) in [6.07, 6.45) is 4.40. The molecular weight excluding hydrogens is 320 g/mol. The topological polar surface area (TPSA) is 94.8 Å². The summed E-state index contributed by atoms with van der Waals surface area (Å²) < 4.78 is 0. The van der Waals surface area contributed by atoms with Crippen molar-refractivity contribution in [2.75, 3.05) is 0 Å². The first-order valence-electron chi connectivity index (χ1n) is 9.10. The molecule has 1 aromatic rings. The Morgan fingerprint density at radius 2 is 1.88 bits per heavy atom. The summed E-state index contributed by atoms with van der Waals surface area (Å²) in [6, 6.07) is 5.43. The molecule has 0 amide bonds. The minimum absolute atomic E-state index is 0.208. The minimum atomic E-state index is -1.62. The van der Waals surface area contributed by atoms with Crippen molar-refractivity contribution in [2.45, 2.75) is 57.0 Å². The Morgan fingerprint density at radius 3 is 2.56 bits per heavy atom. The molecule has 3 aliphatic carbocycles. The molecule has 0 heterocycles. The Morgan fingerprint density at radius 1 is 1.12 bits per heavy atom. The molecule has 3 aliphatic rings. The van der Waals surface area contributed by atoms with Gasteiger partial charge in [0.2, 0.25) is 0 Å². The van der Waals surface area contributed by atoms with Crippen LogP contribution in [0.25, 0.3) is 0 Å². The summed E-state index contributed by atoms with van der Waals surface area (Å²) in [5.74, 6) is -1.06. The number of aromatic carboxylic acids is 1. The number of aliphatic carboxylic acids is 1. The Hall–Kier alpha value is -1.88. The molecule has 25 heavy (non-hydrogen) atoms. The normalized spacial score (nSPS) is 39.2. The van der Waals surface area contributed by atoms with E-state index < -0.39 is 23.0 Å². The Labute approximate surface area is 146 Å². The van der Waals surface area contributed by atoms with Crippen LogP contribution in [0.1, 0.15) is 66.4 Å². The van der Waals surface area contributed by atoms with Gasteiger partial charge in [-0.1, -0.05) is 13.0 Å². The summed E-state index contributed by atoms with van der Waals surface area (Å²) in [7, 11) is 0. The number of fused-ring (bicyclic) bond motifs is 5. The molecule has 134 valence electrons. The van der Waals surface area contributed by atoms with Gasteiger partial charge in [-0.05, 0) is 79.5 Å². The third-order valence-electron chi connectivity index (χ3n) is 7.48. The molecule has 5 heteroatoms. The van der Waals surface area contributed by atoms with E-state index >= 15 is 0 Å². The van der Waals surface area contributed by atoms with Crippen molar-refractivity contribution in [1.29, 1.82) is 0 Å². The van der Waals surface area contributed by atoms with Crippen LogP contribution in [0.4, 0.5) is 0 Å². The molecule has 5 atom stereocenters. The smallest absolute Gasteiger partial charge is 0.336 e. The highest BCUT2D eigenvalue weighted by Gasteiger charge is 2.64. The second kappa shape index (κ2) is 5.31. The van der Waals surface area contributed by atoms with Gasteiger partial charge >= 0.3 is 11.9 Å². The van der Waals surface area contributed by atoms with E-state index in [9.17, 15) is 24.9 Å². The van der Waals surface area contributed by atoms with Crippen LogP contribution >= 0.6 is 0 Å². The lowest BCUT2D eigenvalue weighted by Crippen LogP contribution is -2.55. The molecule has 0 aliphatic heterocycles. The summed E-state index contributed by atoms with van der Waals surface area (Å²) in [4.78, 5) is 23.0. The first-order valence-corrected chi connectivity index (χ1v) is 9.10. The summed E-state index contributed by atoms with van der Waals surface area (Å²) in [5, 5.41) is 29.7. The number of hydrogen-bond donors (Lipinski definition) is 3. The van der Waals surface area contributed by atoms with E-state index in [4.69, 9.17) is 0 Å². The molecule has 0 aromatic heterocycles. The molecule has 0 radical (unpaired) electrons. The number of carboxylic acid groups (broad SMARTS) is 2. The SMILES string of the molecule is C[C@]12CC[C@@H]3c4ccc(C(=O)O)cc4CC[C@H]3[C@@H]1CC[C@]2(O)C(=O)O. The van der Waals surface area contributed by atoms with Crippen LogP contribution in [-0.2, 0) is 11.2 Å². The van der Waals surface area contributed by atoms with Crippen LogP contribution in [0.15, 0.2) is 18.2 Å². The fourth-order valence-corrected chi connectivity index (χ4v) is 6.08. The number of carbonyl (C=O) groups is 2. The molecule has 0 bridgehead atoms. The van der Waals surface area contributed by atoms with Crippen LogP contribution in [0.3, 0.4) is 0 Å². The number of aryl methyl sites for hydroxylation is 1. The first-order chi connectivity index (χ1) is 11.8. The van der Waals surface area contributed by atoms with Gasteiger partial charge < -0.3 is 15.3 Å². The monoisotopic (exact) mass is 344 g/mol. The van der Waals surface area contributed by atoms with E-state index in [1.165, 1.54) is 5.56 Å². The van der Waals surface area contributed by atoms with Crippen molar-refractivity contribution in [3.05, 3.63) is 34.9 Å². The second-order valence-electron chi connectivity index (χ2n) is 8.29. The third-order valence-corrected chi connectivity index (χ3v) is 7.48. The summed E-state index contributed by atoms with van der Waals surface area (Å²) >= 11 is 0. The van der Waals surface area contributed by atoms with E-state index in [1.54, 1.807) is 12.1 Å². The largest absolute Gasteiger partial charge is 0.479 e. The molecule has 5 nitrogen and oxygen atoms in total. The first kappa shape index (κ1) is 16.6. The van der Waals surface area contributed by atoms with Crippen LogP contribution in [0.5, 0.6) is 0 Å². The molecule has 0 saturated heterocycles. The molecule has 2 fully saturated rings. The van der Waals surface area contributed by atoms with Crippen molar-refractivity contribution in [3.63, 3.8) is 0 Å². The number of carboxylic acids is 2. The number of benzene rings is 1. The van der Waals surface area contributed by atoms with Crippen molar-refractivity contribution in [1.82, 2.24) is 0 Å². The van der Waals surface area contributed by atoms with Crippen molar-refractivity contribution >= 4 is 11.9 Å². The fraction of sp³-hybridized carbons (Fsp3) is 0.600. The van der Waals surface area contributed by atoms with E-state index in [0.717, 1.165) is 31.2 Å². The Balaban J connectivity index is 1.69. The zero-order valence-electron chi connectivity index (χ0n) is 14.4. The van der Waals surface area contributed by atoms with Gasteiger partial charge in [0, 0.05) is 5.41 Å². The standard InChI is InChI=1S/C20H24O5/c1-19-8-6-14-13-4-3-12(17(21)22)10-11(13)2-5-15(14)16(19)7-9-20(19,25)18(23)24/h3-4,10,14-16,25H,2,5-9H2,1H3,(H,21,22)(H,23,24)/t14-,15-,16+,19+,20+/m1/s1. The van der Waals surface area contributed by atoms with E-state index in [0.29, 0.717) is 30.2 Å². The molecule has 1 aromatic carbocycles. The molecule has 0 spiro atoms. The van der Waals surface area contributed by atoms with Gasteiger partial charge in [-0.2, -0.15) is 0 Å². The Bertz CT molecular complexity index is 756. The average molecular weight is 344 g/mol. The highest BCUT2D eigenvalue weighted by Crippen LogP contribution is 2.64. The predicted molar refractivity (Wildman–Crippen MR) is 90.6 cm³/mol. The van der Waals surface area contributed by atoms with E-state index in [1.807, 2.05) is 13.0 Å². The zero-order chi connectivity index (χ0) is 18.0. The number of rotatable bonds is 2. The van der Waals surface area contributed by atoms with E-state index in [2.05, 4.69) is 0 Å². The quantitative estimate of drug-likeness (QED) is 0.766. The lowest BCUT2D eigenvalue weighted by atomic mass is 9.53. The summed E-state index contributed by atoms with van der Waals surface area (Å²) in [6.45, 7) is 1.96. The maximum Gasteiger partial charge on any atom is 0.336 e. The third kappa shape index (κ3) is 2.11. The lowest BCUT2D eigenvalue weighted by molar-refractivity contribution is -0.177. The van der Waals surface area contributed by atoms with Gasteiger partial charge in [0.1, 0.15) is 0 Å². The molecule has 0 unspecified atom stereocenters. The number of aliphatic hydroxyl groups is 1. The van der Waals surface area contributed by atoms with Crippen LogP contribution in [0.2, 0.25) is 0 Å². The average Bonchev–Trinajstić information content (AvgIpc) is 2.87. The highest BCUT2D eigenvalue weighted by molar-refractivity contribution is 5.88. The minimum Gasteiger partial charge on any atom is -0.479 e. The molecule has 4 rings (SSSR count). The van der Waals surface area contributed by atoms with Crippen molar-refractivity contribution in [2.24, 2.45) is 17.3 Å². The van der Waals surface area contributed by atoms with Crippen molar-refractivity contribution in [3.8, 4) is 0 Å². The fourth-order valence-electron chi connectivity index (χ4n) is 6.08. The van der Waals surface area contributed by atoms with Gasteiger partial charge in [-0.25, -0.2) is 9.59 Å². The Kier molecular flexibility index (Phi) is 3.52. The second-order valence-corrected chi connectivity index (χ2v) is 8.29. The van der Waals surface area contributed by atoms with Crippen molar-refractivity contribution < 1.29 is 24.9 Å². The lowest BCUT2D eigenvalue weighted by Gasteiger charge is -2.52. The van der Waals surface area contributed by atoms with Crippen LogP contribution in [0, 0.1) is 17.3 Å². The number of hydrogen-bond acceptors (Lipinski definition) is 3. The maximum atomic E-state index is 11.7. The maximum absolute atomic E-state index is 11.7. The van der Waals surface area contributed by atoms with Gasteiger partial charge in [-0.3, -0.25) is 0 Å². The highest BCUT2D eigenvalue weighted by atomic mass is 16.4. The molecule has 2 saturated carbocycles. The zero-order valence-corrected chi connectivity index (χ0v) is 14.4. The van der Waals surface area contributed by atoms with Gasteiger partial charge in [0.25, 0.3) is 0 Å². The molecule has 3 N–H and O–H groups in total. The van der Waals surface area contributed by atoms with Gasteiger partial charge in [0.05, 0.1) is 5.56 Å². The predicted octanol–water partition coefficient (Wildman–Crippen LogP) is 3.06. The van der Waals surface area contributed by atoms with Crippen LogP contribution in [-0.4, -0.2) is 32.9 Å². The van der Waals surface area contributed by atoms with Gasteiger partial charge in [-0.15, -0.1) is 0 Å². The molecular formula is C20H24O5. The van der Waals surface area contributed by atoms with Gasteiger partial charge in [0.15, 0.2) is 5.60 Å². The van der Waals surface area contributed by atoms with E-state index in [-0.39, 0.29) is 5.92 Å². The van der Waals surface area contributed by atoms with Crippen LogP contribution < -0.4 is 0 Å². The summed E-state index contributed by atoms with van der Waals surface area (Å²) in [5.41, 5.74) is 0.499.